The number of carboxylic acid groups (broad SMARTS) is 1. The molecule has 1 unspecified atom stereocenters. The molecule has 0 saturated carbocycles. The summed E-state index contributed by atoms with van der Waals surface area (Å²) >= 11 is 1.14. The number of thiazole rings is 1. The van der Waals surface area contributed by atoms with Crippen LogP contribution in [0.1, 0.15) is 11.7 Å². The van der Waals surface area contributed by atoms with Gasteiger partial charge in [0, 0.05) is 11.4 Å². The summed E-state index contributed by atoms with van der Waals surface area (Å²) in [5.74, 6) is -1.15. The van der Waals surface area contributed by atoms with Crippen LogP contribution in [0, 0.1) is 5.82 Å². The number of halogens is 1. The number of carbonyl (C=O) groups is 1. The van der Waals surface area contributed by atoms with E-state index in [0.717, 1.165) is 11.3 Å². The van der Waals surface area contributed by atoms with Gasteiger partial charge in [-0.3, -0.25) is 4.79 Å². The number of hydrogen-bond donors (Lipinski definition) is 3. The summed E-state index contributed by atoms with van der Waals surface area (Å²) in [5, 5.41) is 13.4. The Bertz CT molecular complexity index is 632. The lowest BCUT2D eigenvalue weighted by Crippen LogP contribution is -2.20. The van der Waals surface area contributed by atoms with Gasteiger partial charge in [0.25, 0.3) is 0 Å². The summed E-state index contributed by atoms with van der Waals surface area (Å²) < 4.78 is 18.6. The molecule has 106 valence electrons. The lowest BCUT2D eigenvalue weighted by molar-refractivity contribution is -0.138. The first kappa shape index (κ1) is 14.2. The minimum absolute atomic E-state index is 0.189. The fourth-order valence-electron chi connectivity index (χ4n) is 1.46. The Morgan fingerprint density at radius 3 is 3.00 bits per heavy atom. The van der Waals surface area contributed by atoms with Crippen LogP contribution in [0.3, 0.4) is 0 Å². The molecule has 0 bridgehead atoms. The third-order valence-electron chi connectivity index (χ3n) is 2.52. The third kappa shape index (κ3) is 3.03. The standard InChI is InChI=1S/C12H12FN3O3S/c1-19-6-2-3-7(13)8(4-6)15-12-16-9(5-20-12)10(14)11(17)18/h2-5,10H,14H2,1H3,(H,15,16)(H,17,18). The van der Waals surface area contributed by atoms with Gasteiger partial charge in [-0.1, -0.05) is 0 Å². The van der Waals surface area contributed by atoms with E-state index in [1.807, 2.05) is 0 Å². The first-order chi connectivity index (χ1) is 9.51. The van der Waals surface area contributed by atoms with Crippen LogP contribution in [0.4, 0.5) is 15.2 Å². The van der Waals surface area contributed by atoms with Crippen LogP contribution >= 0.6 is 11.3 Å². The Hall–Kier alpha value is -2.19. The maximum Gasteiger partial charge on any atom is 0.326 e. The van der Waals surface area contributed by atoms with Gasteiger partial charge in [0.05, 0.1) is 18.5 Å². The van der Waals surface area contributed by atoms with E-state index in [1.54, 1.807) is 0 Å². The van der Waals surface area contributed by atoms with Crippen LogP contribution in [-0.4, -0.2) is 23.2 Å². The number of methoxy groups -OCH3 is 1. The molecule has 0 radical (unpaired) electrons. The second-order valence-electron chi connectivity index (χ2n) is 3.86. The first-order valence-corrected chi connectivity index (χ1v) is 6.43. The summed E-state index contributed by atoms with van der Waals surface area (Å²) in [6.07, 6.45) is 0. The number of nitrogens with two attached hydrogens (primary N) is 1. The van der Waals surface area contributed by atoms with Crippen molar-refractivity contribution in [1.82, 2.24) is 4.98 Å². The quantitative estimate of drug-likeness (QED) is 0.782. The highest BCUT2D eigenvalue weighted by molar-refractivity contribution is 7.13. The lowest BCUT2D eigenvalue weighted by Gasteiger charge is -2.07. The van der Waals surface area contributed by atoms with Gasteiger partial charge in [-0.05, 0) is 12.1 Å². The molecule has 0 saturated heterocycles. The average molecular weight is 297 g/mol. The van der Waals surface area contributed by atoms with Crippen molar-refractivity contribution in [2.75, 3.05) is 12.4 Å². The maximum atomic E-state index is 13.6. The molecule has 6 nitrogen and oxygen atoms in total. The van der Waals surface area contributed by atoms with E-state index < -0.39 is 17.8 Å². The highest BCUT2D eigenvalue weighted by atomic mass is 32.1. The number of rotatable bonds is 5. The Balaban J connectivity index is 2.20. The number of ether oxygens (including phenoxy) is 1. The Morgan fingerprint density at radius 2 is 2.35 bits per heavy atom. The minimum atomic E-state index is -1.20. The van der Waals surface area contributed by atoms with E-state index in [4.69, 9.17) is 15.6 Å². The molecule has 1 aromatic carbocycles. The Labute approximate surface area is 118 Å². The number of nitrogens with one attached hydrogen (secondary N) is 1. The van der Waals surface area contributed by atoms with Gasteiger partial charge < -0.3 is 20.9 Å². The SMILES string of the molecule is COc1ccc(F)c(Nc2nc(C(N)C(=O)O)cs2)c1. The lowest BCUT2D eigenvalue weighted by atomic mass is 10.2. The van der Waals surface area contributed by atoms with Crippen LogP contribution in [0.25, 0.3) is 0 Å². The van der Waals surface area contributed by atoms with E-state index >= 15 is 0 Å². The van der Waals surface area contributed by atoms with Crippen molar-refractivity contribution < 1.29 is 19.0 Å². The molecule has 4 N–H and O–H groups in total. The van der Waals surface area contributed by atoms with E-state index in [0.29, 0.717) is 10.9 Å². The summed E-state index contributed by atoms with van der Waals surface area (Å²) in [5.41, 5.74) is 5.85. The number of anilines is 2. The first-order valence-electron chi connectivity index (χ1n) is 5.55. The van der Waals surface area contributed by atoms with E-state index in [1.165, 1.54) is 30.7 Å². The van der Waals surface area contributed by atoms with Crippen LogP contribution in [0.15, 0.2) is 23.6 Å². The second-order valence-corrected chi connectivity index (χ2v) is 4.72. The Kier molecular flexibility index (Phi) is 4.16. The zero-order valence-corrected chi connectivity index (χ0v) is 11.3. The average Bonchev–Trinajstić information content (AvgIpc) is 2.88. The molecule has 0 spiro atoms. The topological polar surface area (TPSA) is 97.5 Å². The highest BCUT2D eigenvalue weighted by Gasteiger charge is 2.18. The molecule has 2 rings (SSSR count). The summed E-state index contributed by atoms with van der Waals surface area (Å²) in [4.78, 5) is 14.8. The van der Waals surface area contributed by atoms with E-state index in [2.05, 4.69) is 10.3 Å². The third-order valence-corrected chi connectivity index (χ3v) is 3.30. The molecule has 8 heteroatoms. The predicted molar refractivity (Wildman–Crippen MR) is 72.9 cm³/mol. The molecule has 0 aliphatic rings. The van der Waals surface area contributed by atoms with Gasteiger partial charge in [0.1, 0.15) is 17.6 Å². The molecule has 0 fully saturated rings. The Morgan fingerprint density at radius 1 is 1.60 bits per heavy atom. The predicted octanol–water partition coefficient (Wildman–Crippen LogP) is 2.12. The van der Waals surface area contributed by atoms with Crippen molar-refractivity contribution >= 4 is 28.1 Å². The van der Waals surface area contributed by atoms with Crippen molar-refractivity contribution in [2.45, 2.75) is 6.04 Å². The smallest absolute Gasteiger partial charge is 0.326 e. The monoisotopic (exact) mass is 297 g/mol. The van der Waals surface area contributed by atoms with Crippen molar-refractivity contribution in [1.29, 1.82) is 0 Å². The van der Waals surface area contributed by atoms with Crippen molar-refractivity contribution in [3.8, 4) is 5.75 Å². The van der Waals surface area contributed by atoms with E-state index in [9.17, 15) is 9.18 Å². The molecule has 0 aliphatic carbocycles. The largest absolute Gasteiger partial charge is 0.497 e. The van der Waals surface area contributed by atoms with Crippen molar-refractivity contribution in [3.05, 3.63) is 35.1 Å². The second kappa shape index (κ2) is 5.85. The summed E-state index contributed by atoms with van der Waals surface area (Å²) in [6, 6.07) is 3.04. The van der Waals surface area contributed by atoms with Crippen LogP contribution in [0.5, 0.6) is 5.75 Å². The van der Waals surface area contributed by atoms with Gasteiger partial charge in [0.2, 0.25) is 0 Å². The van der Waals surface area contributed by atoms with Gasteiger partial charge >= 0.3 is 5.97 Å². The van der Waals surface area contributed by atoms with Crippen molar-refractivity contribution in [2.24, 2.45) is 5.73 Å². The number of aromatic nitrogens is 1. The molecule has 1 aromatic heterocycles. The minimum Gasteiger partial charge on any atom is -0.497 e. The van der Waals surface area contributed by atoms with Crippen molar-refractivity contribution in [3.63, 3.8) is 0 Å². The fraction of sp³-hybridized carbons (Fsp3) is 0.167. The number of hydrogen-bond acceptors (Lipinski definition) is 6. The molecule has 0 aliphatic heterocycles. The molecular formula is C12H12FN3O3S. The molecule has 20 heavy (non-hydrogen) atoms. The van der Waals surface area contributed by atoms with Gasteiger partial charge in [-0.25, -0.2) is 9.37 Å². The molecule has 1 heterocycles. The van der Waals surface area contributed by atoms with Crippen LogP contribution in [0.2, 0.25) is 0 Å². The maximum absolute atomic E-state index is 13.6. The molecular weight excluding hydrogens is 285 g/mol. The molecule has 1 atom stereocenters. The zero-order chi connectivity index (χ0) is 14.7. The number of nitrogens with zero attached hydrogens (tertiary/aromatic N) is 1. The van der Waals surface area contributed by atoms with Crippen LogP contribution in [-0.2, 0) is 4.79 Å². The van der Waals surface area contributed by atoms with Gasteiger partial charge in [-0.15, -0.1) is 11.3 Å². The van der Waals surface area contributed by atoms with Gasteiger partial charge in [-0.2, -0.15) is 0 Å². The normalized spacial score (nSPS) is 11.9. The summed E-state index contributed by atoms with van der Waals surface area (Å²) in [7, 11) is 1.48. The van der Waals surface area contributed by atoms with Gasteiger partial charge in [0.15, 0.2) is 5.13 Å². The number of aliphatic carboxylic acids is 1. The zero-order valence-electron chi connectivity index (χ0n) is 10.5. The fourth-order valence-corrected chi connectivity index (χ4v) is 2.21. The molecule has 0 amide bonds. The van der Waals surface area contributed by atoms with Crippen LogP contribution < -0.4 is 15.8 Å². The summed E-state index contributed by atoms with van der Waals surface area (Å²) in [6.45, 7) is 0. The number of benzene rings is 1. The highest BCUT2D eigenvalue weighted by Crippen LogP contribution is 2.27. The molecule has 2 aromatic rings. The van der Waals surface area contributed by atoms with E-state index in [-0.39, 0.29) is 11.4 Å². The number of carboxylic acids is 1.